The molecule has 0 N–H and O–H groups in total. The van der Waals surface area contributed by atoms with E-state index in [1.807, 2.05) is 25.5 Å². The Morgan fingerprint density at radius 3 is 2.25 bits per heavy atom. The predicted molar refractivity (Wildman–Crippen MR) is 91.0 cm³/mol. The Bertz CT molecular complexity index is 748. The van der Waals surface area contributed by atoms with Gasteiger partial charge in [-0.3, -0.25) is 9.48 Å². The molecule has 0 fully saturated rings. The van der Waals surface area contributed by atoms with Crippen molar-refractivity contribution in [2.24, 2.45) is 0 Å². The molecule has 1 aromatic heterocycles. The van der Waals surface area contributed by atoms with Crippen LogP contribution in [0.2, 0.25) is 0 Å². The summed E-state index contributed by atoms with van der Waals surface area (Å²) in [6.45, 7) is 7.32. The summed E-state index contributed by atoms with van der Waals surface area (Å²) < 4.78 is 6.60. The summed E-state index contributed by atoms with van der Waals surface area (Å²) in [5, 5.41) is 4.48. The number of carbonyl (C=O) groups excluding carboxylic acids is 2. The number of hydrogen-bond donors (Lipinski definition) is 0. The SMILES string of the molecule is CCn1nc(C)c(CN(C)C(=O)c2ccc(C(=O)OC)cc2)c1C. The highest BCUT2D eigenvalue weighted by Gasteiger charge is 2.17. The molecule has 0 aliphatic heterocycles. The van der Waals surface area contributed by atoms with Gasteiger partial charge in [-0.05, 0) is 45.0 Å². The standard InChI is InChI=1S/C18H23N3O3/c1-6-21-13(3)16(12(2)19-21)11-20(4)17(22)14-7-9-15(10-8-14)18(23)24-5/h7-10H,6,11H2,1-5H3. The van der Waals surface area contributed by atoms with Gasteiger partial charge in [0.1, 0.15) is 0 Å². The molecule has 0 saturated heterocycles. The van der Waals surface area contributed by atoms with E-state index < -0.39 is 5.97 Å². The molecule has 0 saturated carbocycles. The molecule has 2 aromatic rings. The van der Waals surface area contributed by atoms with E-state index in [0.29, 0.717) is 17.7 Å². The van der Waals surface area contributed by atoms with Crippen LogP contribution in [0.1, 0.15) is 44.6 Å². The van der Waals surface area contributed by atoms with Crippen LogP contribution < -0.4 is 0 Å². The molecule has 128 valence electrons. The second kappa shape index (κ2) is 7.29. The van der Waals surface area contributed by atoms with E-state index in [2.05, 4.69) is 9.84 Å². The Morgan fingerprint density at radius 1 is 1.17 bits per heavy atom. The molecule has 2 rings (SSSR count). The molecule has 0 spiro atoms. The highest BCUT2D eigenvalue weighted by atomic mass is 16.5. The molecule has 6 nitrogen and oxygen atoms in total. The summed E-state index contributed by atoms with van der Waals surface area (Å²) in [7, 11) is 3.09. The van der Waals surface area contributed by atoms with E-state index >= 15 is 0 Å². The topological polar surface area (TPSA) is 64.4 Å². The summed E-state index contributed by atoms with van der Waals surface area (Å²) in [5.41, 5.74) is 4.04. The minimum atomic E-state index is -0.416. The average molecular weight is 329 g/mol. The molecule has 1 heterocycles. The zero-order chi connectivity index (χ0) is 17.9. The number of aromatic nitrogens is 2. The second-order valence-electron chi connectivity index (χ2n) is 5.70. The summed E-state index contributed by atoms with van der Waals surface area (Å²) in [4.78, 5) is 25.7. The Labute approximate surface area is 142 Å². The minimum absolute atomic E-state index is 0.102. The lowest BCUT2D eigenvalue weighted by Crippen LogP contribution is -2.26. The van der Waals surface area contributed by atoms with Crippen molar-refractivity contribution in [2.75, 3.05) is 14.2 Å². The van der Waals surface area contributed by atoms with Crippen molar-refractivity contribution in [1.29, 1.82) is 0 Å². The van der Waals surface area contributed by atoms with Gasteiger partial charge < -0.3 is 9.64 Å². The number of methoxy groups -OCH3 is 1. The molecular weight excluding hydrogens is 306 g/mol. The van der Waals surface area contributed by atoms with Crippen molar-refractivity contribution in [3.63, 3.8) is 0 Å². The normalized spacial score (nSPS) is 10.5. The maximum absolute atomic E-state index is 12.6. The molecule has 0 radical (unpaired) electrons. The second-order valence-corrected chi connectivity index (χ2v) is 5.70. The number of nitrogens with zero attached hydrogens (tertiary/aromatic N) is 3. The fourth-order valence-electron chi connectivity index (χ4n) is 2.67. The Kier molecular flexibility index (Phi) is 5.39. The van der Waals surface area contributed by atoms with Crippen LogP contribution in [0.3, 0.4) is 0 Å². The van der Waals surface area contributed by atoms with Crippen molar-refractivity contribution in [3.8, 4) is 0 Å². The van der Waals surface area contributed by atoms with E-state index in [-0.39, 0.29) is 5.91 Å². The molecule has 24 heavy (non-hydrogen) atoms. The minimum Gasteiger partial charge on any atom is -0.465 e. The number of rotatable bonds is 5. The smallest absolute Gasteiger partial charge is 0.337 e. The van der Waals surface area contributed by atoms with E-state index in [1.165, 1.54) is 7.11 Å². The number of aryl methyl sites for hydroxylation is 2. The van der Waals surface area contributed by atoms with Gasteiger partial charge in [-0.25, -0.2) is 4.79 Å². The lowest BCUT2D eigenvalue weighted by molar-refractivity contribution is 0.0600. The summed E-state index contributed by atoms with van der Waals surface area (Å²) in [5.74, 6) is -0.518. The monoisotopic (exact) mass is 329 g/mol. The predicted octanol–water partition coefficient (Wildman–Crippen LogP) is 2.58. The number of carbonyl (C=O) groups is 2. The van der Waals surface area contributed by atoms with Crippen LogP contribution in [0.5, 0.6) is 0 Å². The lowest BCUT2D eigenvalue weighted by atomic mass is 10.1. The van der Waals surface area contributed by atoms with Crippen LogP contribution in [0.4, 0.5) is 0 Å². The number of amides is 1. The number of benzene rings is 1. The molecule has 1 amide bonds. The molecule has 0 unspecified atom stereocenters. The van der Waals surface area contributed by atoms with E-state index in [0.717, 1.165) is 23.5 Å². The van der Waals surface area contributed by atoms with Crippen LogP contribution in [0.25, 0.3) is 0 Å². The van der Waals surface area contributed by atoms with Crippen molar-refractivity contribution in [3.05, 3.63) is 52.3 Å². The van der Waals surface area contributed by atoms with Gasteiger partial charge in [-0.15, -0.1) is 0 Å². The summed E-state index contributed by atoms with van der Waals surface area (Å²) in [6, 6.07) is 6.47. The van der Waals surface area contributed by atoms with E-state index in [4.69, 9.17) is 0 Å². The van der Waals surface area contributed by atoms with Crippen LogP contribution in [0, 0.1) is 13.8 Å². The molecular formula is C18H23N3O3. The van der Waals surface area contributed by atoms with Gasteiger partial charge in [-0.1, -0.05) is 0 Å². The van der Waals surface area contributed by atoms with Gasteiger partial charge in [0.15, 0.2) is 0 Å². The maximum atomic E-state index is 12.6. The first-order valence-corrected chi connectivity index (χ1v) is 7.85. The summed E-state index contributed by atoms with van der Waals surface area (Å²) >= 11 is 0. The van der Waals surface area contributed by atoms with Crippen molar-refractivity contribution >= 4 is 11.9 Å². The zero-order valence-corrected chi connectivity index (χ0v) is 14.8. The highest BCUT2D eigenvalue weighted by molar-refractivity contribution is 5.96. The van der Waals surface area contributed by atoms with E-state index in [1.54, 1.807) is 36.2 Å². The highest BCUT2D eigenvalue weighted by Crippen LogP contribution is 2.17. The van der Waals surface area contributed by atoms with Gasteiger partial charge in [0.05, 0.1) is 18.4 Å². The molecule has 0 aliphatic rings. The Morgan fingerprint density at radius 2 is 1.75 bits per heavy atom. The Hall–Kier alpha value is -2.63. The average Bonchev–Trinajstić information content (AvgIpc) is 2.87. The van der Waals surface area contributed by atoms with Crippen LogP contribution in [-0.2, 0) is 17.8 Å². The van der Waals surface area contributed by atoms with Crippen molar-refractivity contribution in [1.82, 2.24) is 14.7 Å². The fourth-order valence-corrected chi connectivity index (χ4v) is 2.67. The largest absolute Gasteiger partial charge is 0.465 e. The van der Waals surface area contributed by atoms with Gasteiger partial charge >= 0.3 is 5.97 Å². The lowest BCUT2D eigenvalue weighted by Gasteiger charge is -2.18. The quantitative estimate of drug-likeness (QED) is 0.791. The first-order valence-electron chi connectivity index (χ1n) is 7.85. The number of esters is 1. The first-order chi connectivity index (χ1) is 11.4. The molecule has 0 aliphatic carbocycles. The summed E-state index contributed by atoms with van der Waals surface area (Å²) in [6.07, 6.45) is 0. The van der Waals surface area contributed by atoms with Gasteiger partial charge in [0.25, 0.3) is 5.91 Å². The van der Waals surface area contributed by atoms with Crippen molar-refractivity contribution in [2.45, 2.75) is 33.9 Å². The third-order valence-electron chi connectivity index (χ3n) is 4.13. The molecule has 1 aromatic carbocycles. The van der Waals surface area contributed by atoms with E-state index in [9.17, 15) is 9.59 Å². The van der Waals surface area contributed by atoms with Gasteiger partial charge in [0, 0.05) is 37.0 Å². The number of ether oxygens (including phenoxy) is 1. The van der Waals surface area contributed by atoms with Gasteiger partial charge in [-0.2, -0.15) is 5.10 Å². The molecule has 0 atom stereocenters. The third-order valence-corrected chi connectivity index (χ3v) is 4.13. The zero-order valence-electron chi connectivity index (χ0n) is 14.8. The van der Waals surface area contributed by atoms with Crippen LogP contribution >= 0.6 is 0 Å². The van der Waals surface area contributed by atoms with Gasteiger partial charge in [0.2, 0.25) is 0 Å². The number of hydrogen-bond acceptors (Lipinski definition) is 4. The maximum Gasteiger partial charge on any atom is 0.337 e. The molecule has 0 bridgehead atoms. The third kappa shape index (κ3) is 3.48. The van der Waals surface area contributed by atoms with Crippen molar-refractivity contribution < 1.29 is 14.3 Å². The molecule has 6 heteroatoms. The fraction of sp³-hybridized carbons (Fsp3) is 0.389. The Balaban J connectivity index is 2.15. The van der Waals surface area contributed by atoms with Crippen LogP contribution in [0.15, 0.2) is 24.3 Å². The first kappa shape index (κ1) is 17.7. The van der Waals surface area contributed by atoms with Crippen LogP contribution in [-0.4, -0.2) is 40.7 Å².